The Hall–Kier alpha value is -2.19. The summed E-state index contributed by atoms with van der Waals surface area (Å²) in [7, 11) is 0. The Morgan fingerprint density at radius 1 is 1.14 bits per heavy atom. The van der Waals surface area contributed by atoms with Gasteiger partial charge in [-0.15, -0.1) is 0 Å². The van der Waals surface area contributed by atoms with Crippen LogP contribution in [0.2, 0.25) is 0 Å². The molecule has 0 spiro atoms. The summed E-state index contributed by atoms with van der Waals surface area (Å²) in [5.74, 6) is 0. The normalized spacial score (nSPS) is 10.9. The van der Waals surface area contributed by atoms with Crippen LogP contribution < -0.4 is 10.6 Å². The highest BCUT2D eigenvalue weighted by Gasteiger charge is 2.14. The van der Waals surface area contributed by atoms with E-state index >= 15 is 0 Å². The fraction of sp³-hybridized carbons (Fsp3) is 0.350. The van der Waals surface area contributed by atoms with Gasteiger partial charge in [0, 0.05) is 6.54 Å². The van der Waals surface area contributed by atoms with E-state index in [2.05, 4.69) is 81.8 Å². The Bertz CT molecular complexity index is 973. The van der Waals surface area contributed by atoms with Crippen LogP contribution in [0, 0.1) is 20.8 Å². The van der Waals surface area contributed by atoms with Gasteiger partial charge in [0.25, 0.3) is 0 Å². The molecule has 0 fully saturated rings. The van der Waals surface area contributed by atoms with E-state index in [1.807, 2.05) is 16.3 Å². The Balaban J connectivity index is 1.66. The third kappa shape index (κ3) is 4.62. The lowest BCUT2D eigenvalue weighted by molar-refractivity contribution is 0.613. The predicted octanol–water partition coefficient (Wildman–Crippen LogP) is 4.32. The van der Waals surface area contributed by atoms with Crippen LogP contribution in [-0.2, 0) is 19.6 Å². The summed E-state index contributed by atoms with van der Waals surface area (Å²) in [4.78, 5) is 0. The second-order valence-corrected chi connectivity index (χ2v) is 8.01. The quantitative estimate of drug-likeness (QED) is 0.536. The molecule has 0 amide bonds. The molecule has 148 valence electrons. The van der Waals surface area contributed by atoms with Gasteiger partial charge < -0.3 is 10.6 Å². The number of aromatic nitrogens is 4. The van der Waals surface area contributed by atoms with Crippen molar-refractivity contribution in [3.63, 3.8) is 0 Å². The molecule has 0 atom stereocenters. The molecule has 3 aromatic rings. The topological polar surface area (TPSA) is 59.7 Å². The molecule has 0 saturated carbocycles. The smallest absolute Gasteiger partial charge is 0.171 e. The number of hydrogen-bond donors (Lipinski definition) is 2. The SMILES string of the molecule is CCn1ncc(Br)c1CNC(=S)Nc1c(C)nn(Cc2ccc(C)cc2)c1C. The van der Waals surface area contributed by atoms with E-state index in [1.54, 1.807) is 6.20 Å². The van der Waals surface area contributed by atoms with Crippen molar-refractivity contribution in [2.75, 3.05) is 5.32 Å². The van der Waals surface area contributed by atoms with Crippen LogP contribution in [-0.4, -0.2) is 24.7 Å². The zero-order valence-electron chi connectivity index (χ0n) is 16.6. The number of halogens is 1. The molecule has 0 aliphatic carbocycles. The summed E-state index contributed by atoms with van der Waals surface area (Å²) in [5, 5.41) is 16.1. The minimum Gasteiger partial charge on any atom is -0.357 e. The molecule has 0 aliphatic heterocycles. The average molecular weight is 461 g/mol. The van der Waals surface area contributed by atoms with Crippen molar-refractivity contribution < 1.29 is 0 Å². The first kappa shape index (κ1) is 20.5. The summed E-state index contributed by atoms with van der Waals surface area (Å²) in [6.07, 6.45) is 1.81. The van der Waals surface area contributed by atoms with E-state index < -0.39 is 0 Å². The van der Waals surface area contributed by atoms with Gasteiger partial charge in [-0.05, 0) is 61.4 Å². The van der Waals surface area contributed by atoms with E-state index in [1.165, 1.54) is 11.1 Å². The average Bonchev–Trinajstić information content (AvgIpc) is 3.16. The van der Waals surface area contributed by atoms with Crippen molar-refractivity contribution in [2.24, 2.45) is 0 Å². The second-order valence-electron chi connectivity index (χ2n) is 6.75. The molecular formula is C20H25BrN6S. The standard InChI is InChI=1S/C20H25BrN6S/c1-5-26-18(17(21)10-23-26)11-22-20(28)24-19-14(3)25-27(15(19)4)12-16-8-6-13(2)7-9-16/h6-10H,5,11-12H2,1-4H3,(H2,22,24,28). The third-order valence-electron chi connectivity index (χ3n) is 4.69. The highest BCUT2D eigenvalue weighted by atomic mass is 79.9. The van der Waals surface area contributed by atoms with Gasteiger partial charge in [0.15, 0.2) is 5.11 Å². The van der Waals surface area contributed by atoms with Crippen molar-refractivity contribution in [3.05, 3.63) is 63.1 Å². The van der Waals surface area contributed by atoms with Crippen LogP contribution in [0.5, 0.6) is 0 Å². The Kier molecular flexibility index (Phi) is 6.51. The first-order valence-corrected chi connectivity index (χ1v) is 10.4. The van der Waals surface area contributed by atoms with Gasteiger partial charge in [0.1, 0.15) is 0 Å². The first-order chi connectivity index (χ1) is 13.4. The maximum atomic E-state index is 5.50. The summed E-state index contributed by atoms with van der Waals surface area (Å²) >= 11 is 9.04. The third-order valence-corrected chi connectivity index (χ3v) is 5.60. The first-order valence-electron chi connectivity index (χ1n) is 9.23. The molecule has 0 saturated heterocycles. The maximum absolute atomic E-state index is 5.50. The molecule has 2 aromatic heterocycles. The minimum atomic E-state index is 0.567. The van der Waals surface area contributed by atoms with E-state index in [4.69, 9.17) is 12.2 Å². The van der Waals surface area contributed by atoms with E-state index in [0.717, 1.165) is 40.3 Å². The van der Waals surface area contributed by atoms with Crippen LogP contribution in [0.15, 0.2) is 34.9 Å². The molecule has 0 radical (unpaired) electrons. The summed E-state index contributed by atoms with van der Waals surface area (Å²) in [6.45, 7) is 10.3. The van der Waals surface area contributed by atoms with Gasteiger partial charge >= 0.3 is 0 Å². The van der Waals surface area contributed by atoms with Crippen LogP contribution in [0.3, 0.4) is 0 Å². The monoisotopic (exact) mass is 460 g/mol. The number of benzene rings is 1. The minimum absolute atomic E-state index is 0.567. The van der Waals surface area contributed by atoms with Gasteiger partial charge in [-0.25, -0.2) is 0 Å². The van der Waals surface area contributed by atoms with Gasteiger partial charge in [0.2, 0.25) is 0 Å². The molecular weight excluding hydrogens is 436 g/mol. The second kappa shape index (κ2) is 8.87. The highest BCUT2D eigenvalue weighted by Crippen LogP contribution is 2.21. The number of aryl methyl sites for hydroxylation is 3. The molecule has 0 aliphatic rings. The van der Waals surface area contributed by atoms with Crippen LogP contribution in [0.4, 0.5) is 5.69 Å². The molecule has 0 unspecified atom stereocenters. The fourth-order valence-corrected chi connectivity index (χ4v) is 3.67. The summed E-state index contributed by atoms with van der Waals surface area (Å²) in [6, 6.07) is 8.52. The number of nitrogens with one attached hydrogen (secondary N) is 2. The Morgan fingerprint density at radius 3 is 2.54 bits per heavy atom. The number of hydrogen-bond acceptors (Lipinski definition) is 3. The number of rotatable bonds is 6. The van der Waals surface area contributed by atoms with Crippen LogP contribution in [0.25, 0.3) is 0 Å². The number of thiocarbonyl (C=S) groups is 1. The van der Waals surface area contributed by atoms with Crippen LogP contribution in [0.1, 0.15) is 35.1 Å². The van der Waals surface area contributed by atoms with Gasteiger partial charge in [-0.2, -0.15) is 10.2 Å². The lowest BCUT2D eigenvalue weighted by atomic mass is 10.1. The molecule has 1 aromatic carbocycles. The number of anilines is 1. The highest BCUT2D eigenvalue weighted by molar-refractivity contribution is 9.10. The van der Waals surface area contributed by atoms with Crippen LogP contribution >= 0.6 is 28.1 Å². The molecule has 2 N–H and O–H groups in total. The molecule has 6 nitrogen and oxygen atoms in total. The molecule has 3 rings (SSSR count). The lowest BCUT2D eigenvalue weighted by Crippen LogP contribution is -2.29. The molecule has 8 heteroatoms. The van der Waals surface area contributed by atoms with Crippen molar-refractivity contribution in [2.45, 2.75) is 47.3 Å². The van der Waals surface area contributed by atoms with E-state index in [9.17, 15) is 0 Å². The predicted molar refractivity (Wildman–Crippen MR) is 121 cm³/mol. The van der Waals surface area contributed by atoms with Gasteiger partial charge in [0.05, 0.1) is 46.5 Å². The van der Waals surface area contributed by atoms with Crippen molar-refractivity contribution >= 4 is 38.9 Å². The lowest BCUT2D eigenvalue weighted by Gasteiger charge is -2.12. The zero-order valence-corrected chi connectivity index (χ0v) is 19.0. The summed E-state index contributed by atoms with van der Waals surface area (Å²) in [5.41, 5.74) is 6.48. The maximum Gasteiger partial charge on any atom is 0.171 e. The van der Waals surface area contributed by atoms with Gasteiger partial charge in [-0.1, -0.05) is 29.8 Å². The Morgan fingerprint density at radius 2 is 1.86 bits per heavy atom. The fourth-order valence-electron chi connectivity index (χ4n) is 3.06. The Labute approximate surface area is 179 Å². The van der Waals surface area contributed by atoms with E-state index in [0.29, 0.717) is 11.7 Å². The van der Waals surface area contributed by atoms with Crippen molar-refractivity contribution in [1.29, 1.82) is 0 Å². The van der Waals surface area contributed by atoms with E-state index in [-0.39, 0.29) is 0 Å². The van der Waals surface area contributed by atoms with Gasteiger partial charge in [-0.3, -0.25) is 9.36 Å². The molecule has 0 bridgehead atoms. The van der Waals surface area contributed by atoms with Crippen molar-refractivity contribution in [3.8, 4) is 0 Å². The molecule has 2 heterocycles. The number of nitrogens with zero attached hydrogens (tertiary/aromatic N) is 4. The zero-order chi connectivity index (χ0) is 20.3. The largest absolute Gasteiger partial charge is 0.357 e. The molecule has 28 heavy (non-hydrogen) atoms. The summed E-state index contributed by atoms with van der Waals surface area (Å²) < 4.78 is 4.92. The van der Waals surface area contributed by atoms with Crippen molar-refractivity contribution in [1.82, 2.24) is 24.9 Å².